The van der Waals surface area contributed by atoms with Gasteiger partial charge in [-0.05, 0) is 64.9 Å². The van der Waals surface area contributed by atoms with Crippen molar-refractivity contribution in [1.29, 1.82) is 0 Å². The Morgan fingerprint density at radius 3 is 2.02 bits per heavy atom. The molecule has 7 aromatic rings. The molecule has 0 saturated carbocycles. The molecular formula is C36H26N2OS. The topological polar surface area (TPSA) is 25.4 Å². The minimum Gasteiger partial charge on any atom is -0.497 e. The summed E-state index contributed by atoms with van der Waals surface area (Å²) in [6, 6.07) is 48.9. The van der Waals surface area contributed by atoms with Gasteiger partial charge < -0.3 is 9.64 Å². The third kappa shape index (κ3) is 4.49. The Hall–Kier alpha value is -4.93. The molecule has 0 fully saturated rings. The number of fused-ring (bicyclic) bond motifs is 2. The van der Waals surface area contributed by atoms with Crippen LogP contribution in [0.4, 0.5) is 17.1 Å². The summed E-state index contributed by atoms with van der Waals surface area (Å²) < 4.78 is 6.62. The number of thiazole rings is 1. The molecule has 0 spiro atoms. The van der Waals surface area contributed by atoms with Gasteiger partial charge in [-0.25, -0.2) is 4.98 Å². The molecule has 0 radical (unpaired) electrons. The fourth-order valence-electron chi connectivity index (χ4n) is 5.18. The van der Waals surface area contributed by atoms with Crippen molar-refractivity contribution in [2.45, 2.75) is 0 Å². The van der Waals surface area contributed by atoms with E-state index >= 15 is 0 Å². The van der Waals surface area contributed by atoms with Gasteiger partial charge in [0.05, 0.1) is 17.3 Å². The van der Waals surface area contributed by atoms with E-state index in [1.54, 1.807) is 18.4 Å². The maximum Gasteiger partial charge on any atom is 0.124 e. The van der Waals surface area contributed by atoms with Gasteiger partial charge in [0.2, 0.25) is 0 Å². The highest BCUT2D eigenvalue weighted by Crippen LogP contribution is 2.44. The van der Waals surface area contributed by atoms with Crippen LogP contribution in [0.25, 0.3) is 42.7 Å². The number of anilines is 3. The summed E-state index contributed by atoms with van der Waals surface area (Å²) in [5, 5.41) is 3.44. The van der Waals surface area contributed by atoms with Crippen LogP contribution in [-0.2, 0) is 0 Å². The van der Waals surface area contributed by atoms with Crippen molar-refractivity contribution in [2.75, 3.05) is 12.0 Å². The Morgan fingerprint density at radius 2 is 1.27 bits per heavy atom. The summed E-state index contributed by atoms with van der Waals surface area (Å²) >= 11 is 1.73. The summed E-state index contributed by atoms with van der Waals surface area (Å²) in [5.41, 5.74) is 7.64. The van der Waals surface area contributed by atoms with Crippen molar-refractivity contribution < 1.29 is 4.74 Å². The van der Waals surface area contributed by atoms with Gasteiger partial charge in [0.25, 0.3) is 0 Å². The van der Waals surface area contributed by atoms with E-state index in [4.69, 9.17) is 9.72 Å². The molecule has 0 aliphatic carbocycles. The maximum absolute atomic E-state index is 5.45. The monoisotopic (exact) mass is 534 g/mol. The van der Waals surface area contributed by atoms with E-state index < -0.39 is 0 Å². The zero-order valence-corrected chi connectivity index (χ0v) is 22.8. The fourth-order valence-corrected chi connectivity index (χ4v) is 6.26. The lowest BCUT2D eigenvalue weighted by Crippen LogP contribution is -2.10. The van der Waals surface area contributed by atoms with E-state index in [2.05, 4.69) is 126 Å². The fraction of sp³-hybridized carbons (Fsp3) is 0.0278. The second-order valence-electron chi connectivity index (χ2n) is 9.66. The third-order valence-electron chi connectivity index (χ3n) is 7.16. The molecule has 0 saturated heterocycles. The Morgan fingerprint density at radius 1 is 0.575 bits per heavy atom. The predicted octanol–water partition coefficient (Wildman–Crippen LogP) is 10.3. The van der Waals surface area contributed by atoms with E-state index in [-0.39, 0.29) is 0 Å². The molecule has 1 heterocycles. The molecular weight excluding hydrogens is 508 g/mol. The molecule has 0 N–H and O–H groups in total. The lowest BCUT2D eigenvalue weighted by Gasteiger charge is -2.26. The van der Waals surface area contributed by atoms with Gasteiger partial charge in [-0.2, -0.15) is 0 Å². The number of nitrogens with zero attached hydrogens (tertiary/aromatic N) is 2. The van der Waals surface area contributed by atoms with Crippen molar-refractivity contribution in [3.8, 4) is 27.4 Å². The lowest BCUT2D eigenvalue weighted by atomic mass is 10.0. The first-order valence-electron chi connectivity index (χ1n) is 13.3. The molecule has 0 aliphatic heterocycles. The van der Waals surface area contributed by atoms with Gasteiger partial charge in [0.1, 0.15) is 10.8 Å². The molecule has 40 heavy (non-hydrogen) atoms. The first-order chi connectivity index (χ1) is 19.8. The van der Waals surface area contributed by atoms with Gasteiger partial charge in [-0.15, -0.1) is 11.3 Å². The van der Waals surface area contributed by atoms with Crippen LogP contribution in [0.15, 0.2) is 140 Å². The van der Waals surface area contributed by atoms with Gasteiger partial charge in [-0.1, -0.05) is 91.0 Å². The summed E-state index contributed by atoms with van der Waals surface area (Å²) in [5.74, 6) is 0.840. The number of hydrogen-bond donors (Lipinski definition) is 0. The Labute approximate surface area is 237 Å². The molecule has 4 heteroatoms. The normalized spacial score (nSPS) is 11.1. The molecule has 0 bridgehead atoms. The average molecular weight is 535 g/mol. The van der Waals surface area contributed by atoms with Crippen LogP contribution in [0, 0.1) is 0 Å². The number of aromatic nitrogens is 1. The molecule has 192 valence electrons. The Bertz CT molecular complexity index is 1930. The SMILES string of the molecule is COc1ccc(-c2cc(N(c3ccccc3)c3ccc4ccccc4c3)cc3nc(-c4ccccc4)sc23)cc1. The van der Waals surface area contributed by atoms with Crippen LogP contribution < -0.4 is 9.64 Å². The van der Waals surface area contributed by atoms with Crippen molar-refractivity contribution in [2.24, 2.45) is 0 Å². The summed E-state index contributed by atoms with van der Waals surface area (Å²) in [6.07, 6.45) is 0. The van der Waals surface area contributed by atoms with Gasteiger partial charge in [0.15, 0.2) is 0 Å². The number of ether oxygens (including phenoxy) is 1. The second-order valence-corrected chi connectivity index (χ2v) is 10.7. The molecule has 0 aliphatic rings. The summed E-state index contributed by atoms with van der Waals surface area (Å²) in [7, 11) is 1.70. The van der Waals surface area contributed by atoms with Crippen LogP contribution in [0.5, 0.6) is 5.75 Å². The highest BCUT2D eigenvalue weighted by molar-refractivity contribution is 7.22. The number of rotatable bonds is 6. The van der Waals surface area contributed by atoms with Gasteiger partial charge in [-0.3, -0.25) is 0 Å². The number of para-hydroxylation sites is 1. The van der Waals surface area contributed by atoms with Crippen LogP contribution in [0.1, 0.15) is 0 Å². The van der Waals surface area contributed by atoms with E-state index in [0.29, 0.717) is 0 Å². The highest BCUT2D eigenvalue weighted by Gasteiger charge is 2.19. The Balaban J connectivity index is 1.48. The van der Waals surface area contributed by atoms with Crippen LogP contribution in [0.3, 0.4) is 0 Å². The largest absolute Gasteiger partial charge is 0.497 e. The minimum absolute atomic E-state index is 0.840. The second kappa shape index (κ2) is 10.3. The molecule has 1 aromatic heterocycles. The van der Waals surface area contributed by atoms with Crippen LogP contribution in [0.2, 0.25) is 0 Å². The van der Waals surface area contributed by atoms with E-state index in [0.717, 1.165) is 50.0 Å². The molecule has 0 amide bonds. The van der Waals surface area contributed by atoms with Gasteiger partial charge in [0, 0.05) is 28.2 Å². The summed E-state index contributed by atoms with van der Waals surface area (Å²) in [6.45, 7) is 0. The minimum atomic E-state index is 0.840. The number of benzene rings is 6. The molecule has 6 aromatic carbocycles. The van der Waals surface area contributed by atoms with Crippen LogP contribution in [-0.4, -0.2) is 12.1 Å². The number of hydrogen-bond acceptors (Lipinski definition) is 4. The lowest BCUT2D eigenvalue weighted by molar-refractivity contribution is 0.415. The smallest absolute Gasteiger partial charge is 0.124 e. The molecule has 0 atom stereocenters. The first kappa shape index (κ1) is 24.1. The van der Waals surface area contributed by atoms with Crippen molar-refractivity contribution >= 4 is 49.4 Å². The zero-order valence-electron chi connectivity index (χ0n) is 22.0. The van der Waals surface area contributed by atoms with E-state index in [1.807, 2.05) is 18.2 Å². The summed E-state index contributed by atoms with van der Waals surface area (Å²) in [4.78, 5) is 7.47. The number of methoxy groups -OCH3 is 1. The molecule has 7 rings (SSSR count). The molecule has 3 nitrogen and oxygen atoms in total. The van der Waals surface area contributed by atoms with Crippen LogP contribution >= 0.6 is 11.3 Å². The highest BCUT2D eigenvalue weighted by atomic mass is 32.1. The van der Waals surface area contributed by atoms with Crippen molar-refractivity contribution in [3.63, 3.8) is 0 Å². The Kier molecular flexibility index (Phi) is 6.23. The first-order valence-corrected chi connectivity index (χ1v) is 14.1. The predicted molar refractivity (Wildman–Crippen MR) is 169 cm³/mol. The standard InChI is InChI=1S/C36H26N2OS/c1-39-32-20-17-26(18-21-32)33-23-31(24-34-35(33)40-36(37-34)27-11-4-2-5-12-27)38(29-14-6-3-7-15-29)30-19-16-25-10-8-9-13-28(25)22-30/h2-24H,1H3. The average Bonchev–Trinajstić information content (AvgIpc) is 3.46. The quantitative estimate of drug-likeness (QED) is 0.212. The zero-order chi connectivity index (χ0) is 26.9. The maximum atomic E-state index is 5.45. The molecule has 0 unspecified atom stereocenters. The van der Waals surface area contributed by atoms with Crippen molar-refractivity contribution in [1.82, 2.24) is 4.98 Å². The van der Waals surface area contributed by atoms with E-state index in [9.17, 15) is 0 Å². The van der Waals surface area contributed by atoms with E-state index in [1.165, 1.54) is 15.5 Å². The third-order valence-corrected chi connectivity index (χ3v) is 8.31. The van der Waals surface area contributed by atoms with Crippen molar-refractivity contribution in [3.05, 3.63) is 140 Å². The van der Waals surface area contributed by atoms with Gasteiger partial charge >= 0.3 is 0 Å².